The van der Waals surface area contributed by atoms with Gasteiger partial charge in [0.1, 0.15) is 5.82 Å². The molecule has 0 amide bonds. The first-order valence-corrected chi connectivity index (χ1v) is 11.7. The summed E-state index contributed by atoms with van der Waals surface area (Å²) in [5, 5.41) is 2.71. The number of aryl methyl sites for hydroxylation is 1. The van der Waals surface area contributed by atoms with Crippen LogP contribution in [0.3, 0.4) is 0 Å². The average Bonchev–Trinajstić information content (AvgIpc) is 3.19. The summed E-state index contributed by atoms with van der Waals surface area (Å²) >= 11 is 3.30. The maximum absolute atomic E-state index is 14.3. The molecule has 0 atom stereocenters. The first-order chi connectivity index (χ1) is 14.8. The summed E-state index contributed by atoms with van der Waals surface area (Å²) < 4.78 is 47.3. The van der Waals surface area contributed by atoms with E-state index in [2.05, 4.69) is 26.2 Å². The van der Waals surface area contributed by atoms with Gasteiger partial charge in [0, 0.05) is 11.0 Å². The van der Waals surface area contributed by atoms with Gasteiger partial charge in [0.05, 0.1) is 10.5 Å². The lowest BCUT2D eigenvalue weighted by Gasteiger charge is -2.07. The van der Waals surface area contributed by atoms with E-state index in [4.69, 9.17) is 4.42 Å². The predicted octanol–water partition coefficient (Wildman–Crippen LogP) is 6.00. The van der Waals surface area contributed by atoms with Crippen molar-refractivity contribution >= 4 is 31.7 Å². The summed E-state index contributed by atoms with van der Waals surface area (Å²) in [5.74, 6) is -0.705. The maximum atomic E-state index is 14.3. The lowest BCUT2D eigenvalue weighted by molar-refractivity contribution is 0.567. The molecule has 0 saturated heterocycles. The van der Waals surface area contributed by atoms with Gasteiger partial charge in [0.2, 0.25) is 26.6 Å². The van der Waals surface area contributed by atoms with Gasteiger partial charge in [-0.05, 0) is 48.9 Å². The van der Waals surface area contributed by atoms with Crippen LogP contribution in [0.5, 0.6) is 0 Å². The number of hydrogen-bond acceptors (Lipinski definition) is 5. The number of rotatable bonds is 6. The molecular formula is C23H18BrFN2O3S. The molecular weight excluding hydrogens is 483 g/mol. The summed E-state index contributed by atoms with van der Waals surface area (Å²) in [6.07, 6.45) is 0. The Hall–Kier alpha value is -2.97. The van der Waals surface area contributed by atoms with Crippen LogP contribution in [-0.4, -0.2) is 13.4 Å². The van der Waals surface area contributed by atoms with Gasteiger partial charge < -0.3 is 9.73 Å². The highest BCUT2D eigenvalue weighted by atomic mass is 79.9. The molecule has 0 unspecified atom stereocenters. The Balaban J connectivity index is 1.77. The first-order valence-electron chi connectivity index (χ1n) is 9.40. The van der Waals surface area contributed by atoms with Crippen LogP contribution in [0.1, 0.15) is 11.1 Å². The normalized spacial score (nSPS) is 11.5. The molecule has 0 radical (unpaired) electrons. The van der Waals surface area contributed by atoms with Crippen LogP contribution in [0.4, 0.5) is 10.3 Å². The molecule has 0 bridgehead atoms. The molecule has 1 heterocycles. The fourth-order valence-corrected chi connectivity index (χ4v) is 4.51. The zero-order valence-electron chi connectivity index (χ0n) is 16.5. The Morgan fingerprint density at radius 3 is 2.35 bits per heavy atom. The fraction of sp³-hybridized carbons (Fsp3) is 0.0870. The number of sulfone groups is 1. The number of nitrogens with zero attached hydrogens (tertiary/aromatic N) is 1. The minimum atomic E-state index is -4.01. The van der Waals surface area contributed by atoms with Crippen LogP contribution >= 0.6 is 15.9 Å². The highest BCUT2D eigenvalue weighted by Crippen LogP contribution is 2.33. The lowest BCUT2D eigenvalue weighted by Crippen LogP contribution is -2.07. The number of oxazole rings is 1. The van der Waals surface area contributed by atoms with Crippen molar-refractivity contribution in [1.82, 2.24) is 4.98 Å². The Kier molecular flexibility index (Phi) is 5.93. The second-order valence-electron chi connectivity index (χ2n) is 6.93. The van der Waals surface area contributed by atoms with Crippen LogP contribution in [0, 0.1) is 12.7 Å². The number of benzene rings is 3. The first kappa shape index (κ1) is 21.3. The number of hydrogen-bond donors (Lipinski definition) is 1. The highest BCUT2D eigenvalue weighted by Gasteiger charge is 2.29. The van der Waals surface area contributed by atoms with Crippen molar-refractivity contribution in [2.45, 2.75) is 23.4 Å². The quantitative estimate of drug-likeness (QED) is 0.351. The molecule has 158 valence electrons. The van der Waals surface area contributed by atoms with Gasteiger partial charge in [-0.25, -0.2) is 12.8 Å². The molecule has 4 aromatic rings. The van der Waals surface area contributed by atoms with Crippen molar-refractivity contribution in [2.75, 3.05) is 5.32 Å². The SMILES string of the molecule is Cc1ccc(CNc2oc(-c3ccccc3F)nc2S(=O)(=O)c2ccc(Br)cc2)cc1. The monoisotopic (exact) mass is 500 g/mol. The van der Waals surface area contributed by atoms with E-state index in [0.29, 0.717) is 6.54 Å². The van der Waals surface area contributed by atoms with E-state index in [0.717, 1.165) is 15.6 Å². The Morgan fingerprint density at radius 1 is 1.00 bits per heavy atom. The zero-order valence-corrected chi connectivity index (χ0v) is 18.9. The molecule has 4 rings (SSSR count). The van der Waals surface area contributed by atoms with Crippen LogP contribution in [-0.2, 0) is 16.4 Å². The molecule has 0 aliphatic carbocycles. The van der Waals surface area contributed by atoms with Crippen molar-refractivity contribution in [1.29, 1.82) is 0 Å². The third-order valence-corrected chi connectivity index (χ3v) is 6.86. The lowest BCUT2D eigenvalue weighted by atomic mass is 10.1. The molecule has 0 fully saturated rings. The van der Waals surface area contributed by atoms with Crippen molar-refractivity contribution in [3.05, 3.63) is 94.2 Å². The number of aromatic nitrogens is 1. The van der Waals surface area contributed by atoms with E-state index in [1.807, 2.05) is 31.2 Å². The van der Waals surface area contributed by atoms with Crippen molar-refractivity contribution < 1.29 is 17.2 Å². The van der Waals surface area contributed by atoms with Crippen molar-refractivity contribution in [2.24, 2.45) is 0 Å². The largest absolute Gasteiger partial charge is 0.419 e. The van der Waals surface area contributed by atoms with Gasteiger partial charge in [-0.3, -0.25) is 0 Å². The van der Waals surface area contributed by atoms with Gasteiger partial charge in [-0.1, -0.05) is 57.9 Å². The minimum Gasteiger partial charge on any atom is -0.419 e. The minimum absolute atomic E-state index is 0.0400. The molecule has 31 heavy (non-hydrogen) atoms. The Bertz CT molecular complexity index is 1320. The zero-order chi connectivity index (χ0) is 22.0. The van der Waals surface area contributed by atoms with Gasteiger partial charge in [0.25, 0.3) is 0 Å². The van der Waals surface area contributed by atoms with Crippen LogP contribution in [0.2, 0.25) is 0 Å². The summed E-state index contributed by atoms with van der Waals surface area (Å²) in [6, 6.07) is 19.9. The van der Waals surface area contributed by atoms with Gasteiger partial charge >= 0.3 is 0 Å². The maximum Gasteiger partial charge on any atom is 0.234 e. The van der Waals surface area contributed by atoms with Gasteiger partial charge in [-0.15, -0.1) is 0 Å². The highest BCUT2D eigenvalue weighted by molar-refractivity contribution is 9.10. The van der Waals surface area contributed by atoms with Crippen molar-refractivity contribution in [3.8, 4) is 11.5 Å². The van der Waals surface area contributed by atoms with Crippen LogP contribution in [0.15, 0.2) is 91.6 Å². The smallest absolute Gasteiger partial charge is 0.234 e. The molecule has 5 nitrogen and oxygen atoms in total. The van der Waals surface area contributed by atoms with Gasteiger partial charge in [-0.2, -0.15) is 4.98 Å². The predicted molar refractivity (Wildman–Crippen MR) is 120 cm³/mol. The van der Waals surface area contributed by atoms with E-state index in [-0.39, 0.29) is 27.3 Å². The molecule has 1 aromatic heterocycles. The summed E-state index contributed by atoms with van der Waals surface area (Å²) in [7, 11) is -4.01. The third-order valence-electron chi connectivity index (χ3n) is 4.65. The van der Waals surface area contributed by atoms with E-state index in [1.165, 1.54) is 30.3 Å². The third kappa shape index (κ3) is 4.55. The molecule has 0 spiro atoms. The fourth-order valence-electron chi connectivity index (χ4n) is 2.96. The molecule has 0 aliphatic heterocycles. The molecule has 8 heteroatoms. The Morgan fingerprint density at radius 2 is 1.68 bits per heavy atom. The van der Waals surface area contributed by atoms with Crippen LogP contribution < -0.4 is 5.32 Å². The number of anilines is 1. The molecule has 0 saturated carbocycles. The summed E-state index contributed by atoms with van der Waals surface area (Å²) in [5.41, 5.74) is 2.13. The summed E-state index contributed by atoms with van der Waals surface area (Å²) in [6.45, 7) is 2.30. The number of nitrogens with one attached hydrogen (secondary N) is 1. The second kappa shape index (κ2) is 8.64. The van der Waals surface area contributed by atoms with Crippen molar-refractivity contribution in [3.63, 3.8) is 0 Å². The average molecular weight is 501 g/mol. The molecule has 1 N–H and O–H groups in total. The standard InChI is InChI=1S/C23H18BrFN2O3S/c1-15-6-8-16(9-7-15)14-26-22-23(31(28,29)18-12-10-17(24)11-13-18)27-21(30-22)19-4-2-3-5-20(19)25/h2-13,26H,14H2,1H3. The molecule has 3 aromatic carbocycles. The Labute approximate surface area is 188 Å². The van der Waals surface area contributed by atoms with Crippen LogP contribution in [0.25, 0.3) is 11.5 Å². The van der Waals surface area contributed by atoms with E-state index < -0.39 is 15.7 Å². The van der Waals surface area contributed by atoms with E-state index in [1.54, 1.807) is 18.2 Å². The van der Waals surface area contributed by atoms with E-state index in [9.17, 15) is 12.8 Å². The topological polar surface area (TPSA) is 72.2 Å². The van der Waals surface area contributed by atoms with E-state index >= 15 is 0 Å². The summed E-state index contributed by atoms with van der Waals surface area (Å²) in [4.78, 5) is 4.23. The van der Waals surface area contributed by atoms with Gasteiger partial charge in [0.15, 0.2) is 0 Å². The number of halogens is 2. The second-order valence-corrected chi connectivity index (χ2v) is 9.71. The molecule has 0 aliphatic rings.